The third-order valence-electron chi connectivity index (χ3n) is 2.85. The van der Waals surface area contributed by atoms with Crippen molar-refractivity contribution in [1.82, 2.24) is 5.32 Å². The van der Waals surface area contributed by atoms with E-state index in [9.17, 15) is 13.2 Å². The van der Waals surface area contributed by atoms with Gasteiger partial charge in [-0.1, -0.05) is 0 Å². The first-order chi connectivity index (χ1) is 9.66. The minimum Gasteiger partial charge on any atom is -0.497 e. The lowest BCUT2D eigenvalue weighted by Crippen LogP contribution is -2.49. The highest BCUT2D eigenvalue weighted by molar-refractivity contribution is 7.92. The lowest BCUT2D eigenvalue weighted by molar-refractivity contribution is -0.122. The van der Waals surface area contributed by atoms with E-state index in [4.69, 9.17) is 4.74 Å². The van der Waals surface area contributed by atoms with Crippen LogP contribution in [0.15, 0.2) is 24.3 Å². The van der Waals surface area contributed by atoms with Gasteiger partial charge in [0.25, 0.3) is 0 Å². The van der Waals surface area contributed by atoms with Crippen LogP contribution in [-0.4, -0.2) is 39.8 Å². The van der Waals surface area contributed by atoms with E-state index in [2.05, 4.69) is 5.32 Å². The molecule has 1 amide bonds. The molecule has 21 heavy (non-hydrogen) atoms. The maximum atomic E-state index is 12.1. The van der Waals surface area contributed by atoms with Crippen molar-refractivity contribution in [3.63, 3.8) is 0 Å². The summed E-state index contributed by atoms with van der Waals surface area (Å²) >= 11 is 0. The average Bonchev–Trinajstić information content (AvgIpc) is 2.37. The average molecular weight is 314 g/mol. The summed E-state index contributed by atoms with van der Waals surface area (Å²) < 4.78 is 30.2. The van der Waals surface area contributed by atoms with Crippen LogP contribution < -0.4 is 14.4 Å². The lowest BCUT2D eigenvalue weighted by atomic mass is 10.2. The third kappa shape index (κ3) is 4.63. The van der Waals surface area contributed by atoms with E-state index in [0.717, 1.165) is 10.6 Å². The molecule has 0 unspecified atom stereocenters. The number of hydrogen-bond donors (Lipinski definition) is 1. The summed E-state index contributed by atoms with van der Waals surface area (Å²) in [5.41, 5.74) is 0.421. The molecule has 0 saturated carbocycles. The lowest BCUT2D eigenvalue weighted by Gasteiger charge is -2.28. The van der Waals surface area contributed by atoms with E-state index >= 15 is 0 Å². The Morgan fingerprint density at radius 3 is 2.10 bits per heavy atom. The van der Waals surface area contributed by atoms with Crippen molar-refractivity contribution in [2.24, 2.45) is 0 Å². The Hall–Kier alpha value is -1.76. The van der Waals surface area contributed by atoms with Crippen molar-refractivity contribution in [1.29, 1.82) is 0 Å². The van der Waals surface area contributed by atoms with Gasteiger partial charge in [0, 0.05) is 6.04 Å². The van der Waals surface area contributed by atoms with Crippen LogP contribution in [0, 0.1) is 0 Å². The standard InChI is InChI=1S/C14H22N2O4S/c1-10(2)15-14(17)11(3)16(21(5,18)19)12-6-8-13(20-4)9-7-12/h6-11H,1-5H3,(H,15,17)/t11-/m1/s1. The van der Waals surface area contributed by atoms with Crippen LogP contribution in [0.2, 0.25) is 0 Å². The second kappa shape index (κ2) is 6.80. The molecular formula is C14H22N2O4S. The van der Waals surface area contributed by atoms with Crippen LogP contribution >= 0.6 is 0 Å². The van der Waals surface area contributed by atoms with Crippen LogP contribution in [0.4, 0.5) is 5.69 Å². The van der Waals surface area contributed by atoms with Crippen molar-refractivity contribution in [2.75, 3.05) is 17.7 Å². The molecule has 0 saturated heterocycles. The maximum absolute atomic E-state index is 12.1. The molecule has 0 aliphatic rings. The monoisotopic (exact) mass is 314 g/mol. The fraction of sp³-hybridized carbons (Fsp3) is 0.500. The Morgan fingerprint density at radius 1 is 1.19 bits per heavy atom. The van der Waals surface area contributed by atoms with Crippen LogP contribution in [0.1, 0.15) is 20.8 Å². The van der Waals surface area contributed by atoms with Gasteiger partial charge in [-0.3, -0.25) is 9.10 Å². The fourth-order valence-corrected chi connectivity index (χ4v) is 3.12. The molecule has 1 rings (SSSR count). The number of ether oxygens (including phenoxy) is 1. The second-order valence-electron chi connectivity index (χ2n) is 5.10. The number of nitrogens with one attached hydrogen (secondary N) is 1. The maximum Gasteiger partial charge on any atom is 0.243 e. The van der Waals surface area contributed by atoms with Gasteiger partial charge in [0.1, 0.15) is 11.8 Å². The molecule has 1 aromatic carbocycles. The number of hydrogen-bond acceptors (Lipinski definition) is 4. The number of benzene rings is 1. The Bertz CT molecular complexity index is 581. The molecule has 1 atom stereocenters. The first kappa shape index (κ1) is 17.3. The zero-order valence-electron chi connectivity index (χ0n) is 13.0. The molecule has 0 bridgehead atoms. The molecule has 118 valence electrons. The van der Waals surface area contributed by atoms with Crippen molar-refractivity contribution in [2.45, 2.75) is 32.9 Å². The summed E-state index contributed by atoms with van der Waals surface area (Å²) in [6.45, 7) is 5.20. The summed E-state index contributed by atoms with van der Waals surface area (Å²) in [7, 11) is -2.06. The first-order valence-electron chi connectivity index (χ1n) is 6.60. The van der Waals surface area contributed by atoms with E-state index in [1.165, 1.54) is 7.11 Å². The summed E-state index contributed by atoms with van der Waals surface area (Å²) in [5, 5.41) is 2.72. The molecule has 0 heterocycles. The number of rotatable bonds is 6. The van der Waals surface area contributed by atoms with Gasteiger partial charge in [0.05, 0.1) is 19.1 Å². The number of sulfonamides is 1. The van der Waals surface area contributed by atoms with Crippen molar-refractivity contribution < 1.29 is 17.9 Å². The van der Waals surface area contributed by atoms with Crippen molar-refractivity contribution >= 4 is 21.6 Å². The van der Waals surface area contributed by atoms with Gasteiger partial charge >= 0.3 is 0 Å². The third-order valence-corrected chi connectivity index (χ3v) is 4.09. The van der Waals surface area contributed by atoms with Crippen LogP contribution in [0.3, 0.4) is 0 Å². The SMILES string of the molecule is COc1ccc(N([C@H](C)C(=O)NC(C)C)S(C)(=O)=O)cc1. The van der Waals surface area contributed by atoms with E-state index in [1.54, 1.807) is 31.2 Å². The van der Waals surface area contributed by atoms with E-state index < -0.39 is 16.1 Å². The molecule has 7 heteroatoms. The van der Waals surface area contributed by atoms with Gasteiger partial charge in [0.15, 0.2) is 0 Å². The molecule has 1 N–H and O–H groups in total. The molecule has 0 aromatic heterocycles. The Morgan fingerprint density at radius 2 is 1.71 bits per heavy atom. The quantitative estimate of drug-likeness (QED) is 0.860. The Balaban J connectivity index is 3.14. The topological polar surface area (TPSA) is 75.7 Å². The molecule has 0 aliphatic heterocycles. The van der Waals surface area contributed by atoms with E-state index in [1.807, 2.05) is 13.8 Å². The van der Waals surface area contributed by atoms with E-state index in [0.29, 0.717) is 11.4 Å². The molecule has 1 aromatic rings. The van der Waals surface area contributed by atoms with Crippen LogP contribution in [-0.2, 0) is 14.8 Å². The van der Waals surface area contributed by atoms with Crippen LogP contribution in [0.5, 0.6) is 5.75 Å². The predicted molar refractivity (Wildman–Crippen MR) is 83.1 cm³/mol. The highest BCUT2D eigenvalue weighted by atomic mass is 32.2. The minimum atomic E-state index is -3.59. The Kier molecular flexibility index (Phi) is 5.60. The number of carbonyl (C=O) groups excluding carboxylic acids is 1. The summed E-state index contributed by atoms with van der Waals surface area (Å²) in [6, 6.07) is 5.63. The van der Waals surface area contributed by atoms with Gasteiger partial charge in [-0.25, -0.2) is 8.42 Å². The minimum absolute atomic E-state index is 0.0581. The number of methoxy groups -OCH3 is 1. The molecule has 0 spiro atoms. The smallest absolute Gasteiger partial charge is 0.243 e. The predicted octanol–water partition coefficient (Wildman–Crippen LogP) is 1.37. The molecular weight excluding hydrogens is 292 g/mol. The number of carbonyl (C=O) groups is 1. The first-order valence-corrected chi connectivity index (χ1v) is 8.45. The van der Waals surface area contributed by atoms with E-state index in [-0.39, 0.29) is 11.9 Å². The highest BCUT2D eigenvalue weighted by Gasteiger charge is 2.29. The molecule has 0 fully saturated rings. The second-order valence-corrected chi connectivity index (χ2v) is 6.96. The van der Waals surface area contributed by atoms with Gasteiger partial charge in [0.2, 0.25) is 15.9 Å². The van der Waals surface area contributed by atoms with Crippen LogP contribution in [0.25, 0.3) is 0 Å². The molecule has 0 aliphatic carbocycles. The number of anilines is 1. The normalized spacial score (nSPS) is 12.9. The molecule has 0 radical (unpaired) electrons. The zero-order chi connectivity index (χ0) is 16.2. The van der Waals surface area contributed by atoms with Gasteiger partial charge in [-0.2, -0.15) is 0 Å². The van der Waals surface area contributed by atoms with Crippen molar-refractivity contribution in [3.8, 4) is 5.75 Å². The number of amides is 1. The van der Waals surface area contributed by atoms with Crippen molar-refractivity contribution in [3.05, 3.63) is 24.3 Å². The highest BCUT2D eigenvalue weighted by Crippen LogP contribution is 2.23. The van der Waals surface area contributed by atoms with Gasteiger partial charge in [-0.15, -0.1) is 0 Å². The largest absolute Gasteiger partial charge is 0.497 e. The van der Waals surface area contributed by atoms with Gasteiger partial charge < -0.3 is 10.1 Å². The van der Waals surface area contributed by atoms with Gasteiger partial charge in [-0.05, 0) is 45.0 Å². The Labute approximate surface area is 126 Å². The summed E-state index contributed by atoms with van der Waals surface area (Å²) in [5.74, 6) is 0.276. The summed E-state index contributed by atoms with van der Waals surface area (Å²) in [6.07, 6.45) is 1.08. The summed E-state index contributed by atoms with van der Waals surface area (Å²) in [4.78, 5) is 12.1. The zero-order valence-corrected chi connectivity index (χ0v) is 13.8. The fourth-order valence-electron chi connectivity index (χ4n) is 1.94. The molecule has 6 nitrogen and oxygen atoms in total. The number of nitrogens with zero attached hydrogens (tertiary/aromatic N) is 1.